The summed E-state index contributed by atoms with van der Waals surface area (Å²) in [5.41, 5.74) is 6.88. The molecule has 4 heteroatoms. The highest BCUT2D eigenvalue weighted by Gasteiger charge is 2.06. The molecule has 1 unspecified atom stereocenters. The van der Waals surface area contributed by atoms with Gasteiger partial charge in [0.15, 0.2) is 0 Å². The van der Waals surface area contributed by atoms with Crippen LogP contribution in [0.25, 0.3) is 0 Å². The van der Waals surface area contributed by atoms with E-state index in [2.05, 4.69) is 23.7 Å². The minimum Gasteiger partial charge on any atom is -0.366 e. The number of hydrogen-bond donors (Lipinski definition) is 2. The van der Waals surface area contributed by atoms with Crippen molar-refractivity contribution >= 4 is 17.2 Å². The van der Waals surface area contributed by atoms with Crippen LogP contribution < -0.4 is 11.1 Å². The first-order valence-corrected chi connectivity index (χ1v) is 6.70. The number of rotatable bonds is 5. The van der Waals surface area contributed by atoms with E-state index < -0.39 is 0 Å². The Balaban J connectivity index is 1.98. The summed E-state index contributed by atoms with van der Waals surface area (Å²) >= 11 is 1.74. The zero-order chi connectivity index (χ0) is 13.0. The molecule has 2 rings (SSSR count). The maximum Gasteiger partial charge on any atom is 0.248 e. The molecule has 1 aromatic carbocycles. The molecule has 0 radical (unpaired) electrons. The van der Waals surface area contributed by atoms with Gasteiger partial charge in [-0.25, -0.2) is 0 Å². The molecule has 1 amide bonds. The number of nitrogens with one attached hydrogen (secondary N) is 1. The van der Waals surface area contributed by atoms with Crippen molar-refractivity contribution in [2.45, 2.75) is 19.5 Å². The number of thiophene rings is 1. The molecule has 18 heavy (non-hydrogen) atoms. The zero-order valence-corrected chi connectivity index (χ0v) is 11.0. The number of hydrogen-bond acceptors (Lipinski definition) is 3. The lowest BCUT2D eigenvalue weighted by atomic mass is 10.1. The highest BCUT2D eigenvalue weighted by Crippen LogP contribution is 2.18. The lowest BCUT2D eigenvalue weighted by Crippen LogP contribution is -2.18. The molecule has 0 bridgehead atoms. The molecule has 0 aliphatic heterocycles. The molecule has 2 aromatic rings. The van der Waals surface area contributed by atoms with Crippen LogP contribution in [-0.4, -0.2) is 5.91 Å². The van der Waals surface area contributed by atoms with Crippen molar-refractivity contribution in [1.82, 2.24) is 5.32 Å². The van der Waals surface area contributed by atoms with Crippen LogP contribution in [0.3, 0.4) is 0 Å². The zero-order valence-electron chi connectivity index (χ0n) is 10.2. The molecule has 0 spiro atoms. The van der Waals surface area contributed by atoms with E-state index in [0.29, 0.717) is 11.6 Å². The molecule has 1 atom stereocenters. The molecular formula is C14H16N2OS. The van der Waals surface area contributed by atoms with E-state index in [1.165, 1.54) is 4.88 Å². The third-order valence-corrected chi connectivity index (χ3v) is 3.85. The number of nitrogens with two attached hydrogens (primary N) is 1. The van der Waals surface area contributed by atoms with E-state index in [9.17, 15) is 4.79 Å². The lowest BCUT2D eigenvalue weighted by Gasteiger charge is -2.12. The molecule has 1 heterocycles. The number of primary amides is 1. The Labute approximate surface area is 111 Å². The molecule has 0 aliphatic carbocycles. The van der Waals surface area contributed by atoms with E-state index in [4.69, 9.17) is 5.73 Å². The Morgan fingerprint density at radius 1 is 1.39 bits per heavy atom. The smallest absolute Gasteiger partial charge is 0.248 e. The van der Waals surface area contributed by atoms with Crippen molar-refractivity contribution in [3.8, 4) is 0 Å². The van der Waals surface area contributed by atoms with Crippen molar-refractivity contribution in [3.05, 3.63) is 57.8 Å². The van der Waals surface area contributed by atoms with Gasteiger partial charge in [-0.05, 0) is 36.1 Å². The van der Waals surface area contributed by atoms with Gasteiger partial charge in [0.1, 0.15) is 0 Å². The van der Waals surface area contributed by atoms with Crippen LogP contribution in [0.15, 0.2) is 41.8 Å². The van der Waals surface area contributed by atoms with Crippen molar-refractivity contribution in [2.24, 2.45) is 5.73 Å². The maximum absolute atomic E-state index is 11.1. The van der Waals surface area contributed by atoms with Crippen molar-refractivity contribution < 1.29 is 4.79 Å². The van der Waals surface area contributed by atoms with E-state index in [1.54, 1.807) is 17.4 Å². The van der Waals surface area contributed by atoms with E-state index in [-0.39, 0.29) is 5.91 Å². The summed E-state index contributed by atoms with van der Waals surface area (Å²) < 4.78 is 0. The van der Waals surface area contributed by atoms with Gasteiger partial charge in [0, 0.05) is 23.0 Å². The summed E-state index contributed by atoms with van der Waals surface area (Å²) in [6.45, 7) is 2.85. The number of carbonyl (C=O) groups is 1. The van der Waals surface area contributed by atoms with Gasteiger partial charge in [-0.15, -0.1) is 11.3 Å². The fourth-order valence-electron chi connectivity index (χ4n) is 1.74. The van der Waals surface area contributed by atoms with Gasteiger partial charge >= 0.3 is 0 Å². The van der Waals surface area contributed by atoms with Gasteiger partial charge in [-0.3, -0.25) is 4.79 Å². The third kappa shape index (κ3) is 3.18. The predicted octanol–water partition coefficient (Wildman–Crippen LogP) is 2.70. The first-order valence-electron chi connectivity index (χ1n) is 5.82. The summed E-state index contributed by atoms with van der Waals surface area (Å²) in [6, 6.07) is 11.9. The van der Waals surface area contributed by atoms with Gasteiger partial charge in [-0.2, -0.15) is 0 Å². The van der Waals surface area contributed by atoms with E-state index >= 15 is 0 Å². The first-order chi connectivity index (χ1) is 8.66. The average molecular weight is 260 g/mol. The number of benzene rings is 1. The molecular weight excluding hydrogens is 244 g/mol. The van der Waals surface area contributed by atoms with Gasteiger partial charge in [-0.1, -0.05) is 18.2 Å². The topological polar surface area (TPSA) is 55.1 Å². The number of carbonyl (C=O) groups excluding carboxylic acids is 1. The average Bonchev–Trinajstić information content (AvgIpc) is 2.90. The molecule has 0 fully saturated rings. The normalized spacial score (nSPS) is 12.3. The highest BCUT2D eigenvalue weighted by atomic mass is 32.1. The lowest BCUT2D eigenvalue weighted by molar-refractivity contribution is 0.1000. The summed E-state index contributed by atoms with van der Waals surface area (Å²) in [7, 11) is 0. The molecule has 0 saturated heterocycles. The summed E-state index contributed by atoms with van der Waals surface area (Å²) in [5.74, 6) is -0.386. The quantitative estimate of drug-likeness (QED) is 0.868. The molecule has 1 aromatic heterocycles. The minimum absolute atomic E-state index is 0.308. The minimum atomic E-state index is -0.386. The van der Waals surface area contributed by atoms with Crippen LogP contribution in [0.1, 0.15) is 33.8 Å². The summed E-state index contributed by atoms with van der Waals surface area (Å²) in [6.07, 6.45) is 0. The molecule has 3 nitrogen and oxygen atoms in total. The molecule has 0 saturated carbocycles. The van der Waals surface area contributed by atoms with Gasteiger partial charge < -0.3 is 11.1 Å². The van der Waals surface area contributed by atoms with Crippen LogP contribution in [0, 0.1) is 0 Å². The largest absolute Gasteiger partial charge is 0.366 e. The van der Waals surface area contributed by atoms with Gasteiger partial charge in [0.05, 0.1) is 0 Å². The maximum atomic E-state index is 11.1. The summed E-state index contributed by atoms with van der Waals surface area (Å²) in [4.78, 5) is 12.4. The molecule has 3 N–H and O–H groups in total. The standard InChI is InChI=1S/C14H16N2OS/c1-10(13-6-3-7-18-13)16-9-11-4-2-5-12(8-11)14(15)17/h2-8,10,16H,9H2,1H3,(H2,15,17). The highest BCUT2D eigenvalue weighted by molar-refractivity contribution is 7.10. The second-order valence-electron chi connectivity index (χ2n) is 4.18. The van der Waals surface area contributed by atoms with Crippen molar-refractivity contribution in [1.29, 1.82) is 0 Å². The molecule has 94 valence electrons. The SMILES string of the molecule is CC(NCc1cccc(C(N)=O)c1)c1cccs1. The predicted molar refractivity (Wildman–Crippen MR) is 74.5 cm³/mol. The van der Waals surface area contributed by atoms with Crippen molar-refractivity contribution in [3.63, 3.8) is 0 Å². The fourth-order valence-corrected chi connectivity index (χ4v) is 2.50. The van der Waals surface area contributed by atoms with Crippen LogP contribution in [0.2, 0.25) is 0 Å². The Kier molecular flexibility index (Phi) is 4.12. The van der Waals surface area contributed by atoms with Crippen LogP contribution in [0.5, 0.6) is 0 Å². The summed E-state index contributed by atoms with van der Waals surface area (Å²) in [5, 5.41) is 5.50. The first kappa shape index (κ1) is 12.8. The second kappa shape index (κ2) is 5.80. The Bertz CT molecular complexity index is 522. The van der Waals surface area contributed by atoms with E-state index in [1.807, 2.05) is 24.3 Å². The van der Waals surface area contributed by atoms with Crippen LogP contribution >= 0.6 is 11.3 Å². The Hall–Kier alpha value is -1.65. The van der Waals surface area contributed by atoms with E-state index in [0.717, 1.165) is 12.1 Å². The van der Waals surface area contributed by atoms with Crippen molar-refractivity contribution in [2.75, 3.05) is 0 Å². The fraction of sp³-hybridized carbons (Fsp3) is 0.214. The molecule has 0 aliphatic rings. The Morgan fingerprint density at radius 3 is 2.89 bits per heavy atom. The Morgan fingerprint density at radius 2 is 2.22 bits per heavy atom. The third-order valence-electron chi connectivity index (χ3n) is 2.79. The van der Waals surface area contributed by atoms with Crippen LogP contribution in [0.4, 0.5) is 0 Å². The second-order valence-corrected chi connectivity index (χ2v) is 5.16. The van der Waals surface area contributed by atoms with Gasteiger partial charge in [0.2, 0.25) is 5.91 Å². The monoisotopic (exact) mass is 260 g/mol. The van der Waals surface area contributed by atoms with Gasteiger partial charge in [0.25, 0.3) is 0 Å². The number of amides is 1. The van der Waals surface area contributed by atoms with Crippen LogP contribution in [-0.2, 0) is 6.54 Å².